The van der Waals surface area contributed by atoms with Crippen molar-refractivity contribution >= 4 is 26.4 Å². The third-order valence-electron chi connectivity index (χ3n) is 5.37. The van der Waals surface area contributed by atoms with Gasteiger partial charge < -0.3 is 9.80 Å². The van der Waals surface area contributed by atoms with E-state index in [1.54, 1.807) is 0 Å². The van der Waals surface area contributed by atoms with E-state index in [1.807, 2.05) is 12.3 Å². The molecule has 3 nitrogen and oxygen atoms in total. The van der Waals surface area contributed by atoms with Gasteiger partial charge in [-0.3, -0.25) is 0 Å². The maximum absolute atomic E-state index is 4.62. The molecule has 0 saturated carbocycles. The standard InChI is InChI=1S/C18H22N3P/c1-11-7-8-14-13(10-11)12(2)18(3,22)17-20(4)16-15(21(14)17)6-5-9-19-16/h5-10,12,17H,22H2,1-4H3. The van der Waals surface area contributed by atoms with Crippen LogP contribution in [0.3, 0.4) is 0 Å². The lowest BCUT2D eigenvalue weighted by Gasteiger charge is -2.50. The Bertz CT molecular complexity index is 756. The molecule has 0 saturated heterocycles. The Labute approximate surface area is 134 Å². The fraction of sp³-hybridized carbons (Fsp3) is 0.389. The van der Waals surface area contributed by atoms with Crippen LogP contribution in [0.4, 0.5) is 17.2 Å². The molecule has 4 heteroatoms. The zero-order valence-corrected chi connectivity index (χ0v) is 14.7. The molecule has 4 rings (SSSR count). The van der Waals surface area contributed by atoms with Gasteiger partial charge in [0.25, 0.3) is 0 Å². The number of aromatic nitrogens is 1. The van der Waals surface area contributed by atoms with Crippen molar-refractivity contribution in [1.29, 1.82) is 0 Å². The maximum Gasteiger partial charge on any atom is 0.154 e. The molecule has 0 aliphatic carbocycles. The predicted octanol–water partition coefficient (Wildman–Crippen LogP) is 4.05. The molecule has 22 heavy (non-hydrogen) atoms. The zero-order valence-electron chi connectivity index (χ0n) is 13.5. The Hall–Kier alpha value is -1.60. The third-order valence-corrected chi connectivity index (χ3v) is 6.17. The van der Waals surface area contributed by atoms with Crippen LogP contribution in [0.5, 0.6) is 0 Å². The number of pyridine rings is 1. The molecule has 2 aromatic rings. The minimum atomic E-state index is 0.0518. The lowest BCUT2D eigenvalue weighted by molar-refractivity contribution is 0.421. The summed E-state index contributed by atoms with van der Waals surface area (Å²) in [6.45, 7) is 6.85. The zero-order chi connectivity index (χ0) is 15.6. The van der Waals surface area contributed by atoms with Crippen molar-refractivity contribution in [2.24, 2.45) is 0 Å². The lowest BCUT2D eigenvalue weighted by atomic mass is 9.80. The highest BCUT2D eigenvalue weighted by Gasteiger charge is 2.52. The van der Waals surface area contributed by atoms with Crippen LogP contribution in [-0.2, 0) is 0 Å². The van der Waals surface area contributed by atoms with E-state index in [-0.39, 0.29) is 11.3 Å². The Kier molecular flexibility index (Phi) is 2.84. The average Bonchev–Trinajstić information content (AvgIpc) is 2.80. The quantitative estimate of drug-likeness (QED) is 0.684. The molecule has 2 aliphatic heterocycles. The van der Waals surface area contributed by atoms with Crippen LogP contribution in [-0.4, -0.2) is 23.4 Å². The molecule has 3 heterocycles. The molecule has 0 radical (unpaired) electrons. The molecule has 4 atom stereocenters. The Morgan fingerprint density at radius 3 is 2.77 bits per heavy atom. The summed E-state index contributed by atoms with van der Waals surface area (Å²) in [6, 6.07) is 11.0. The Morgan fingerprint density at radius 1 is 1.23 bits per heavy atom. The summed E-state index contributed by atoms with van der Waals surface area (Å²) in [7, 11) is 5.28. The molecule has 114 valence electrons. The highest BCUT2D eigenvalue weighted by Crippen LogP contribution is 2.56. The largest absolute Gasteiger partial charge is 0.336 e. The summed E-state index contributed by atoms with van der Waals surface area (Å²) >= 11 is 0. The van der Waals surface area contributed by atoms with Gasteiger partial charge in [-0.2, -0.15) is 0 Å². The van der Waals surface area contributed by atoms with Crippen LogP contribution in [0, 0.1) is 6.92 Å². The van der Waals surface area contributed by atoms with E-state index >= 15 is 0 Å². The second kappa shape index (κ2) is 4.45. The van der Waals surface area contributed by atoms with Crippen molar-refractivity contribution in [2.45, 2.75) is 38.0 Å². The van der Waals surface area contributed by atoms with E-state index < -0.39 is 0 Å². The average molecular weight is 311 g/mol. The number of fused-ring (bicyclic) bond motifs is 5. The van der Waals surface area contributed by atoms with Gasteiger partial charge in [0.1, 0.15) is 6.17 Å². The number of hydrogen-bond donors (Lipinski definition) is 0. The van der Waals surface area contributed by atoms with Crippen molar-refractivity contribution < 1.29 is 0 Å². The fourth-order valence-corrected chi connectivity index (χ4v) is 4.58. The van der Waals surface area contributed by atoms with Gasteiger partial charge in [-0.1, -0.05) is 31.5 Å². The van der Waals surface area contributed by atoms with E-state index in [1.165, 1.54) is 22.5 Å². The second-order valence-corrected chi connectivity index (χ2v) is 8.09. The SMILES string of the molecule is Cc1ccc2c(c1)C(C)C(C)(P)C1N(C)c3ncccc3N21. The first-order chi connectivity index (χ1) is 10.4. The summed E-state index contributed by atoms with van der Waals surface area (Å²) in [5.41, 5.74) is 5.28. The predicted molar refractivity (Wildman–Crippen MR) is 96.3 cm³/mol. The molecule has 4 unspecified atom stereocenters. The van der Waals surface area contributed by atoms with E-state index in [4.69, 9.17) is 0 Å². The smallest absolute Gasteiger partial charge is 0.154 e. The third kappa shape index (κ3) is 1.63. The van der Waals surface area contributed by atoms with Gasteiger partial charge in [0.2, 0.25) is 0 Å². The maximum atomic E-state index is 4.62. The molecule has 0 N–H and O–H groups in total. The first kappa shape index (κ1) is 14.0. The molecule has 0 bridgehead atoms. The molecular weight excluding hydrogens is 289 g/mol. The van der Waals surface area contributed by atoms with Gasteiger partial charge in [0.15, 0.2) is 5.82 Å². The minimum Gasteiger partial charge on any atom is -0.336 e. The lowest BCUT2D eigenvalue weighted by Crippen LogP contribution is -2.57. The summed E-state index contributed by atoms with van der Waals surface area (Å²) in [6.07, 6.45) is 2.15. The number of hydrogen-bond acceptors (Lipinski definition) is 3. The van der Waals surface area contributed by atoms with Crippen molar-refractivity contribution in [1.82, 2.24) is 4.98 Å². The monoisotopic (exact) mass is 311 g/mol. The van der Waals surface area contributed by atoms with Crippen LogP contribution in [0.25, 0.3) is 0 Å². The summed E-state index contributed by atoms with van der Waals surface area (Å²) in [4.78, 5) is 9.40. The van der Waals surface area contributed by atoms with Gasteiger partial charge in [-0.05, 0) is 36.6 Å². The first-order valence-electron chi connectivity index (χ1n) is 7.79. The van der Waals surface area contributed by atoms with Crippen molar-refractivity contribution in [3.63, 3.8) is 0 Å². The van der Waals surface area contributed by atoms with Gasteiger partial charge in [-0.15, -0.1) is 9.24 Å². The van der Waals surface area contributed by atoms with Gasteiger partial charge in [0, 0.05) is 24.1 Å². The number of nitrogens with zero attached hydrogens (tertiary/aromatic N) is 3. The Balaban J connectivity index is 2.02. The molecule has 1 aromatic carbocycles. The molecule has 0 spiro atoms. The van der Waals surface area contributed by atoms with Crippen molar-refractivity contribution in [3.05, 3.63) is 47.7 Å². The molecular formula is C18H22N3P. The van der Waals surface area contributed by atoms with E-state index in [9.17, 15) is 0 Å². The second-order valence-electron chi connectivity index (χ2n) is 6.85. The van der Waals surface area contributed by atoms with Crippen LogP contribution in [0.1, 0.15) is 30.9 Å². The molecule has 0 fully saturated rings. The number of aryl methyl sites for hydroxylation is 1. The minimum absolute atomic E-state index is 0.0518. The highest BCUT2D eigenvalue weighted by molar-refractivity contribution is 7.19. The number of rotatable bonds is 0. The number of anilines is 3. The highest BCUT2D eigenvalue weighted by atomic mass is 31.0. The van der Waals surface area contributed by atoms with Crippen molar-refractivity contribution in [2.75, 3.05) is 16.8 Å². The van der Waals surface area contributed by atoms with Gasteiger partial charge in [-0.25, -0.2) is 4.98 Å². The summed E-state index contributed by atoms with van der Waals surface area (Å²) in [5.74, 6) is 1.53. The summed E-state index contributed by atoms with van der Waals surface area (Å²) < 4.78 is 0. The van der Waals surface area contributed by atoms with Crippen LogP contribution in [0.2, 0.25) is 0 Å². The fourth-order valence-electron chi connectivity index (χ4n) is 4.02. The van der Waals surface area contributed by atoms with Gasteiger partial charge in [0.05, 0.1) is 5.69 Å². The van der Waals surface area contributed by atoms with E-state index in [0.717, 1.165) is 5.82 Å². The van der Waals surface area contributed by atoms with Gasteiger partial charge >= 0.3 is 0 Å². The van der Waals surface area contributed by atoms with Crippen LogP contribution >= 0.6 is 9.24 Å². The van der Waals surface area contributed by atoms with Crippen LogP contribution < -0.4 is 9.80 Å². The number of benzene rings is 1. The van der Waals surface area contributed by atoms with E-state index in [2.05, 4.69) is 76.1 Å². The molecule has 2 aliphatic rings. The van der Waals surface area contributed by atoms with E-state index in [0.29, 0.717) is 5.92 Å². The van der Waals surface area contributed by atoms with Crippen molar-refractivity contribution in [3.8, 4) is 0 Å². The normalized spacial score (nSPS) is 29.1. The first-order valence-corrected chi connectivity index (χ1v) is 8.37. The topological polar surface area (TPSA) is 19.4 Å². The Morgan fingerprint density at radius 2 is 2.00 bits per heavy atom. The molecule has 1 aromatic heterocycles. The van der Waals surface area contributed by atoms with Crippen LogP contribution in [0.15, 0.2) is 36.5 Å². The summed E-state index contributed by atoms with van der Waals surface area (Å²) in [5, 5.41) is 0.0518. The molecule has 0 amide bonds.